The largest absolute Gasteiger partial charge is 0.453 e. The maximum Gasteiger partial charge on any atom is 0.407 e. The van der Waals surface area contributed by atoms with E-state index >= 15 is 8.78 Å². The number of hydrogen-bond donors (Lipinski definition) is 4. The van der Waals surface area contributed by atoms with Crippen molar-refractivity contribution in [1.82, 2.24) is 40.4 Å². The third-order valence-corrected chi connectivity index (χ3v) is 13.7. The molecular weight excluding hydrogens is 865 g/mol. The van der Waals surface area contributed by atoms with Gasteiger partial charge >= 0.3 is 12.2 Å². The van der Waals surface area contributed by atoms with Gasteiger partial charge in [-0.05, 0) is 65.3 Å². The van der Waals surface area contributed by atoms with Crippen molar-refractivity contribution in [1.29, 1.82) is 0 Å². The number of likely N-dealkylation sites (tertiary alicyclic amines) is 2. The Hall–Kier alpha value is -5.98. The number of nitrogens with zero attached hydrogens (tertiary/aromatic N) is 4. The second-order valence-electron chi connectivity index (χ2n) is 18.6. The number of halogens is 4. The molecule has 0 bridgehead atoms. The van der Waals surface area contributed by atoms with Crippen LogP contribution in [0.2, 0.25) is 0 Å². The summed E-state index contributed by atoms with van der Waals surface area (Å²) in [5.41, 5.74) is 6.98. The van der Waals surface area contributed by atoms with E-state index in [-0.39, 0.29) is 17.1 Å². The molecule has 354 valence electrons. The molecule has 4 atom stereocenters. The lowest BCUT2D eigenvalue weighted by Gasteiger charge is -2.36. The van der Waals surface area contributed by atoms with Crippen molar-refractivity contribution in [3.05, 3.63) is 71.6 Å². The molecule has 3 aliphatic heterocycles. The van der Waals surface area contributed by atoms with Crippen molar-refractivity contribution in [2.24, 2.45) is 11.8 Å². The Morgan fingerprint density at radius 1 is 0.697 bits per heavy atom. The van der Waals surface area contributed by atoms with Crippen LogP contribution in [0.4, 0.5) is 27.2 Å². The van der Waals surface area contributed by atoms with Crippen LogP contribution in [0.25, 0.3) is 33.6 Å². The first-order valence-corrected chi connectivity index (χ1v) is 22.3. The number of aromatic amines is 2. The van der Waals surface area contributed by atoms with Gasteiger partial charge in [0.25, 0.3) is 11.8 Å². The van der Waals surface area contributed by atoms with Gasteiger partial charge < -0.3 is 44.6 Å². The molecule has 5 heterocycles. The number of fused-ring (bicyclic) bond motifs is 2. The van der Waals surface area contributed by atoms with Crippen LogP contribution in [-0.2, 0) is 35.6 Å². The highest BCUT2D eigenvalue weighted by Crippen LogP contribution is 2.53. The maximum atomic E-state index is 15.1. The SMILES string of the molecule is COC(=O)NC(C(=O)N1CC(F)(F)CC1c1ncc(-c2ccc(-c3ccc(-c4cnc(C5CC(F)(F)CN5C(=O)C(NC(=O)OC)C(C)C)[nH]4)c4c3C3(CCOCC3)CC4)cc2)[nH]1)C(C)C. The lowest BCUT2D eigenvalue weighted by Crippen LogP contribution is -2.51. The summed E-state index contributed by atoms with van der Waals surface area (Å²) in [5.74, 6) is -8.03. The number of benzene rings is 2. The molecule has 0 radical (unpaired) electrons. The van der Waals surface area contributed by atoms with E-state index in [1.54, 1.807) is 40.1 Å². The number of imidazole rings is 2. The molecule has 4 aliphatic rings. The van der Waals surface area contributed by atoms with Gasteiger partial charge in [-0.1, -0.05) is 64.1 Å². The normalized spacial score (nSPS) is 21.5. The highest BCUT2D eigenvalue weighted by Gasteiger charge is 2.52. The maximum absolute atomic E-state index is 15.1. The number of amides is 4. The Morgan fingerprint density at radius 2 is 1.17 bits per heavy atom. The third-order valence-electron chi connectivity index (χ3n) is 13.7. The molecule has 8 rings (SSSR count). The number of ether oxygens (including phenoxy) is 3. The zero-order valence-corrected chi connectivity index (χ0v) is 37.8. The molecule has 1 spiro atoms. The molecule has 19 heteroatoms. The molecule has 4 unspecified atom stereocenters. The molecular formula is C47H56F4N8O7. The van der Waals surface area contributed by atoms with Crippen LogP contribution in [0.15, 0.2) is 48.8 Å². The van der Waals surface area contributed by atoms with Gasteiger partial charge in [-0.2, -0.15) is 0 Å². The highest BCUT2D eigenvalue weighted by molar-refractivity contribution is 5.87. The zero-order chi connectivity index (χ0) is 47.3. The van der Waals surface area contributed by atoms with Crippen LogP contribution in [0.1, 0.15) is 94.7 Å². The minimum atomic E-state index is -3.17. The summed E-state index contributed by atoms with van der Waals surface area (Å²) in [6.07, 6.45) is 3.55. The molecule has 1 aliphatic carbocycles. The van der Waals surface area contributed by atoms with E-state index in [0.29, 0.717) is 24.6 Å². The van der Waals surface area contributed by atoms with Gasteiger partial charge in [0, 0.05) is 37.0 Å². The summed E-state index contributed by atoms with van der Waals surface area (Å²) < 4.78 is 75.4. The van der Waals surface area contributed by atoms with Crippen LogP contribution in [0.5, 0.6) is 0 Å². The van der Waals surface area contributed by atoms with E-state index in [4.69, 9.17) is 9.47 Å². The average molecular weight is 921 g/mol. The minimum absolute atomic E-state index is 0.165. The van der Waals surface area contributed by atoms with Crippen LogP contribution >= 0.6 is 0 Å². The van der Waals surface area contributed by atoms with Gasteiger partial charge in [0.15, 0.2) is 0 Å². The highest BCUT2D eigenvalue weighted by atomic mass is 19.3. The summed E-state index contributed by atoms with van der Waals surface area (Å²) in [6, 6.07) is 7.65. The first-order chi connectivity index (χ1) is 31.3. The summed E-state index contributed by atoms with van der Waals surface area (Å²) >= 11 is 0. The Balaban J connectivity index is 1.08. The van der Waals surface area contributed by atoms with Crippen molar-refractivity contribution >= 4 is 24.0 Å². The number of methoxy groups -OCH3 is 2. The van der Waals surface area contributed by atoms with Crippen LogP contribution < -0.4 is 10.6 Å². The lowest BCUT2D eigenvalue weighted by molar-refractivity contribution is -0.137. The van der Waals surface area contributed by atoms with Gasteiger partial charge in [0.1, 0.15) is 23.7 Å². The van der Waals surface area contributed by atoms with Gasteiger partial charge in [-0.3, -0.25) is 9.59 Å². The predicted octanol–water partition coefficient (Wildman–Crippen LogP) is 7.71. The van der Waals surface area contributed by atoms with Crippen molar-refractivity contribution in [3.8, 4) is 33.6 Å². The Bertz CT molecular complexity index is 2470. The number of carbonyl (C=O) groups excluding carboxylic acids is 4. The average Bonchev–Trinajstić information content (AvgIpc) is 4.14. The van der Waals surface area contributed by atoms with E-state index in [1.807, 2.05) is 30.3 Å². The Morgan fingerprint density at radius 3 is 1.67 bits per heavy atom. The molecule has 2 aromatic heterocycles. The summed E-state index contributed by atoms with van der Waals surface area (Å²) in [5, 5.41) is 4.98. The van der Waals surface area contributed by atoms with Crippen molar-refractivity contribution < 1.29 is 51.0 Å². The second-order valence-corrected chi connectivity index (χ2v) is 18.6. The number of H-pyrrole nitrogens is 2. The first kappa shape index (κ1) is 46.5. The van der Waals surface area contributed by atoms with E-state index in [9.17, 15) is 28.0 Å². The number of nitrogens with one attached hydrogen (secondary N) is 4. The van der Waals surface area contributed by atoms with Crippen LogP contribution in [-0.4, -0.2) is 118 Å². The fraction of sp³-hybridized carbons (Fsp3) is 0.532. The van der Waals surface area contributed by atoms with Crippen LogP contribution in [0, 0.1) is 11.8 Å². The molecule has 4 aromatic rings. The predicted molar refractivity (Wildman–Crippen MR) is 233 cm³/mol. The van der Waals surface area contributed by atoms with Crippen molar-refractivity contribution in [2.45, 2.75) is 108 Å². The third kappa shape index (κ3) is 8.97. The number of rotatable bonds is 11. The monoisotopic (exact) mass is 920 g/mol. The fourth-order valence-electron chi connectivity index (χ4n) is 10.2. The first-order valence-electron chi connectivity index (χ1n) is 22.3. The number of alkyl halides is 4. The number of hydrogen-bond acceptors (Lipinski definition) is 9. The Kier molecular flexibility index (Phi) is 12.7. The minimum Gasteiger partial charge on any atom is -0.453 e. The van der Waals surface area contributed by atoms with E-state index in [1.165, 1.54) is 12.7 Å². The van der Waals surface area contributed by atoms with Gasteiger partial charge in [-0.25, -0.2) is 37.1 Å². The summed E-state index contributed by atoms with van der Waals surface area (Å²) in [7, 11) is 2.33. The topological polar surface area (TPSA) is 184 Å². The molecule has 4 N–H and O–H groups in total. The molecule has 2 aromatic carbocycles. The summed E-state index contributed by atoms with van der Waals surface area (Å²) in [4.78, 5) is 69.3. The molecule has 3 fully saturated rings. The van der Waals surface area contributed by atoms with Gasteiger partial charge in [0.05, 0.1) is 63.2 Å². The standard InChI is InChI=1S/C47H56F4N8O7/c1-25(2)37(56-43(62)64-5)41(60)58-23-46(48,49)19-34(58)39-52-21-32(54-39)28-9-7-27(8-10-28)29-11-12-30(31-13-14-45(36(29)31)15-17-66-18-16-45)33-22-53-40(55-33)35-20-47(50,51)24-59(35)42(61)38(26(3)4)57-44(63)65-6/h7-12,21-22,25-26,34-35,37-38H,13-20,23-24H2,1-6H3,(H,52,54)(H,53,55)(H,56,62)(H,57,63). The van der Waals surface area contributed by atoms with Gasteiger partial charge in [-0.15, -0.1) is 0 Å². The van der Waals surface area contributed by atoms with Crippen molar-refractivity contribution in [3.63, 3.8) is 0 Å². The second kappa shape index (κ2) is 18.0. The molecule has 3 saturated heterocycles. The molecule has 66 heavy (non-hydrogen) atoms. The molecule has 0 saturated carbocycles. The quantitative estimate of drug-likeness (QED) is 0.110. The summed E-state index contributed by atoms with van der Waals surface area (Å²) in [6.45, 7) is 6.43. The van der Waals surface area contributed by atoms with Crippen molar-refractivity contribution in [2.75, 3.05) is 40.5 Å². The zero-order valence-electron chi connectivity index (χ0n) is 37.8. The van der Waals surface area contributed by atoms with Gasteiger partial charge in [0.2, 0.25) is 11.8 Å². The number of aromatic nitrogens is 4. The number of alkyl carbamates (subject to hydrolysis) is 2. The number of carbonyl (C=O) groups is 4. The molecule has 15 nitrogen and oxygen atoms in total. The lowest BCUT2D eigenvalue weighted by atomic mass is 9.72. The van der Waals surface area contributed by atoms with E-state index in [0.717, 1.165) is 70.4 Å². The smallest absolute Gasteiger partial charge is 0.407 e. The Labute approximate surface area is 379 Å². The molecule has 4 amide bonds. The van der Waals surface area contributed by atoms with E-state index < -0.39 is 97.8 Å². The fourth-order valence-corrected chi connectivity index (χ4v) is 10.2. The van der Waals surface area contributed by atoms with Crippen LogP contribution in [0.3, 0.4) is 0 Å². The van der Waals surface area contributed by atoms with E-state index in [2.05, 4.69) is 41.4 Å².